The number of para-hydroxylation sites is 1. The maximum atomic E-state index is 13.7. The molecule has 0 bridgehead atoms. The monoisotopic (exact) mass is 410 g/mol. The predicted molar refractivity (Wildman–Crippen MR) is 107 cm³/mol. The number of nitrogens with zero attached hydrogens (tertiary/aromatic N) is 1. The highest BCUT2D eigenvalue weighted by atomic mass is 19.3. The lowest BCUT2D eigenvalue weighted by Crippen LogP contribution is -2.45. The topological polar surface area (TPSA) is 55.0 Å². The Balaban J connectivity index is 1.60. The number of benzene rings is 1. The number of allylic oxidation sites excluding steroid dienone is 1. The molecule has 1 aliphatic heterocycles. The van der Waals surface area contributed by atoms with E-state index in [4.69, 9.17) is 4.74 Å². The molecule has 30 heavy (non-hydrogen) atoms. The normalized spacial score (nSPS) is 28.6. The average Bonchev–Trinajstić information content (AvgIpc) is 3.21. The summed E-state index contributed by atoms with van der Waals surface area (Å²) in [4.78, 5) is 13.6. The van der Waals surface area contributed by atoms with Crippen LogP contribution in [-0.4, -0.2) is 28.5 Å². The average molecular weight is 410 g/mol. The highest BCUT2D eigenvalue weighted by molar-refractivity contribution is 6.02. The molecule has 156 valence electrons. The van der Waals surface area contributed by atoms with Crippen molar-refractivity contribution in [1.29, 1.82) is 0 Å². The number of alkyl halides is 2. The fourth-order valence-corrected chi connectivity index (χ4v) is 6.25. The molecule has 1 N–H and O–H groups in total. The molecule has 1 fully saturated rings. The Morgan fingerprint density at radius 2 is 1.93 bits per heavy atom. The summed E-state index contributed by atoms with van der Waals surface area (Å²) in [5, 5.41) is 7.71. The van der Waals surface area contributed by atoms with Gasteiger partial charge in [-0.1, -0.05) is 37.6 Å². The number of hydrogen-bond acceptors (Lipinski definition) is 3. The molecule has 2 heterocycles. The zero-order valence-corrected chi connectivity index (χ0v) is 17.1. The van der Waals surface area contributed by atoms with E-state index in [-0.39, 0.29) is 30.0 Å². The third-order valence-electron chi connectivity index (χ3n) is 7.34. The second-order valence-electron chi connectivity index (χ2n) is 10.2. The minimum Gasteiger partial charge on any atom is -0.492 e. The molecule has 6 heteroatoms. The van der Waals surface area contributed by atoms with Gasteiger partial charge in [-0.3, -0.25) is 9.89 Å². The molecular formula is C24H24F2N2O2. The predicted octanol–water partition coefficient (Wildman–Crippen LogP) is 4.84. The van der Waals surface area contributed by atoms with Crippen molar-refractivity contribution in [2.45, 2.75) is 63.2 Å². The number of Topliss-reactive ketones (excluding diaryl/α,β-unsaturated/α-hetero) is 1. The Bertz CT molecular complexity index is 1120. The Labute approximate surface area is 173 Å². The van der Waals surface area contributed by atoms with Gasteiger partial charge in [0.2, 0.25) is 5.92 Å². The summed E-state index contributed by atoms with van der Waals surface area (Å²) in [6.45, 7) is 4.58. The van der Waals surface area contributed by atoms with Gasteiger partial charge in [0.15, 0.2) is 5.78 Å². The van der Waals surface area contributed by atoms with Crippen LogP contribution in [0.3, 0.4) is 0 Å². The molecule has 4 nitrogen and oxygen atoms in total. The molecule has 2 aromatic rings. The summed E-state index contributed by atoms with van der Waals surface area (Å²) >= 11 is 0. The molecule has 6 rings (SSSR count). The second kappa shape index (κ2) is 5.59. The van der Waals surface area contributed by atoms with Crippen LogP contribution in [0.1, 0.15) is 68.0 Å². The van der Waals surface area contributed by atoms with E-state index in [0.29, 0.717) is 25.1 Å². The number of rotatable bonds is 1. The largest absolute Gasteiger partial charge is 0.492 e. The third kappa shape index (κ3) is 2.30. The second-order valence-corrected chi connectivity index (χ2v) is 10.2. The fraction of sp³-hybridized carbons (Fsp3) is 0.500. The van der Waals surface area contributed by atoms with Crippen LogP contribution in [0.5, 0.6) is 5.75 Å². The number of H-pyrrole nitrogens is 1. The van der Waals surface area contributed by atoms with E-state index in [0.717, 1.165) is 40.1 Å². The van der Waals surface area contributed by atoms with Gasteiger partial charge < -0.3 is 4.74 Å². The molecule has 1 saturated carbocycles. The van der Waals surface area contributed by atoms with Gasteiger partial charge in [0, 0.05) is 54.0 Å². The summed E-state index contributed by atoms with van der Waals surface area (Å²) in [5.74, 6) is -2.00. The van der Waals surface area contributed by atoms with Crippen molar-refractivity contribution in [3.63, 3.8) is 0 Å². The number of aromatic nitrogens is 2. The first-order chi connectivity index (χ1) is 14.2. The first-order valence-corrected chi connectivity index (χ1v) is 10.6. The number of fused-ring (bicyclic) bond motifs is 5. The number of hydrogen-bond donors (Lipinski definition) is 1. The molecule has 0 unspecified atom stereocenters. The number of carbonyl (C=O) groups is 1. The van der Waals surface area contributed by atoms with Gasteiger partial charge >= 0.3 is 0 Å². The molecule has 1 aromatic carbocycles. The summed E-state index contributed by atoms with van der Waals surface area (Å²) < 4.78 is 33.5. The summed E-state index contributed by atoms with van der Waals surface area (Å²) in [7, 11) is 0. The van der Waals surface area contributed by atoms with Crippen LogP contribution in [0.15, 0.2) is 35.4 Å². The van der Waals surface area contributed by atoms with E-state index in [1.165, 1.54) is 0 Å². The van der Waals surface area contributed by atoms with Crippen LogP contribution >= 0.6 is 0 Å². The van der Waals surface area contributed by atoms with Crippen molar-refractivity contribution in [2.75, 3.05) is 6.61 Å². The Morgan fingerprint density at radius 3 is 2.70 bits per heavy atom. The van der Waals surface area contributed by atoms with Crippen molar-refractivity contribution in [1.82, 2.24) is 10.2 Å². The summed E-state index contributed by atoms with van der Waals surface area (Å²) in [6.07, 6.45) is 1.58. The van der Waals surface area contributed by atoms with Gasteiger partial charge in [-0.15, -0.1) is 0 Å². The van der Waals surface area contributed by atoms with Crippen LogP contribution in [0.2, 0.25) is 0 Å². The fourth-order valence-electron chi connectivity index (χ4n) is 6.25. The molecule has 0 radical (unpaired) electrons. The molecule has 1 spiro atoms. The first-order valence-electron chi connectivity index (χ1n) is 10.6. The Kier molecular flexibility index (Phi) is 3.41. The quantitative estimate of drug-likeness (QED) is 0.732. The number of ether oxygens (including phenoxy) is 1. The Hall–Kier alpha value is -2.50. The molecule has 1 atom stereocenters. The third-order valence-corrected chi connectivity index (χ3v) is 7.34. The minimum atomic E-state index is -2.63. The first kappa shape index (κ1) is 18.3. The molecule has 3 aliphatic carbocycles. The Morgan fingerprint density at radius 1 is 1.17 bits per heavy atom. The maximum Gasteiger partial charge on any atom is 0.249 e. The number of ketones is 1. The highest BCUT2D eigenvalue weighted by Crippen LogP contribution is 2.59. The van der Waals surface area contributed by atoms with Gasteiger partial charge in [-0.25, -0.2) is 8.78 Å². The van der Waals surface area contributed by atoms with E-state index in [2.05, 4.69) is 24.0 Å². The van der Waals surface area contributed by atoms with Crippen molar-refractivity contribution < 1.29 is 18.3 Å². The van der Waals surface area contributed by atoms with Crippen LogP contribution < -0.4 is 4.74 Å². The van der Waals surface area contributed by atoms with Gasteiger partial charge in [0.1, 0.15) is 12.4 Å². The van der Waals surface area contributed by atoms with Gasteiger partial charge in [0.25, 0.3) is 0 Å². The van der Waals surface area contributed by atoms with Crippen molar-refractivity contribution in [3.05, 3.63) is 57.9 Å². The zero-order chi connectivity index (χ0) is 20.9. The van der Waals surface area contributed by atoms with Crippen LogP contribution in [-0.2, 0) is 16.6 Å². The van der Waals surface area contributed by atoms with E-state index >= 15 is 0 Å². The number of nitrogens with one attached hydrogen (secondary N) is 1. The van der Waals surface area contributed by atoms with E-state index < -0.39 is 11.3 Å². The van der Waals surface area contributed by atoms with E-state index in [1.54, 1.807) is 0 Å². The standard InChI is InChI=1S/C24H24F2N2O2/c1-22(2)8-13-7-16-20(21(28-27-16)14-9-23(25,26)10-14)24(19(13)17(29)11-22)12-30-18-6-4-3-5-15(18)24/h3-6,14H,7-12H2,1-2H3,(H,27,28)/t24-/m1/s1. The molecule has 0 amide bonds. The van der Waals surface area contributed by atoms with Crippen LogP contribution in [0, 0.1) is 5.41 Å². The van der Waals surface area contributed by atoms with Crippen molar-refractivity contribution in [3.8, 4) is 5.75 Å². The van der Waals surface area contributed by atoms with E-state index in [9.17, 15) is 13.6 Å². The van der Waals surface area contributed by atoms with Gasteiger partial charge in [-0.2, -0.15) is 5.10 Å². The summed E-state index contributed by atoms with van der Waals surface area (Å²) in [6, 6.07) is 7.82. The highest BCUT2D eigenvalue weighted by Gasteiger charge is 2.58. The zero-order valence-electron chi connectivity index (χ0n) is 17.1. The minimum absolute atomic E-state index is 0.0908. The maximum absolute atomic E-state index is 13.7. The van der Waals surface area contributed by atoms with Crippen molar-refractivity contribution in [2.24, 2.45) is 5.41 Å². The SMILES string of the molecule is CC1(C)CC(=O)C2=C(Cc3[nH]nc(C4CC(F)(F)C4)c3[C@@]23COc2ccccc23)C1. The van der Waals surface area contributed by atoms with Gasteiger partial charge in [-0.05, 0) is 17.9 Å². The lowest BCUT2D eigenvalue weighted by atomic mass is 9.57. The number of carbonyl (C=O) groups excluding carboxylic acids is 1. The summed E-state index contributed by atoms with van der Waals surface area (Å²) in [5.41, 5.74) is 4.64. The van der Waals surface area contributed by atoms with Gasteiger partial charge in [0.05, 0.1) is 11.1 Å². The van der Waals surface area contributed by atoms with E-state index in [1.807, 2.05) is 24.3 Å². The van der Waals surface area contributed by atoms with Crippen LogP contribution in [0.4, 0.5) is 8.78 Å². The lowest BCUT2D eigenvalue weighted by molar-refractivity contribution is -0.119. The van der Waals surface area contributed by atoms with Crippen molar-refractivity contribution >= 4 is 5.78 Å². The van der Waals surface area contributed by atoms with Crippen LogP contribution in [0.25, 0.3) is 0 Å². The molecular weight excluding hydrogens is 386 g/mol. The molecule has 1 aromatic heterocycles. The number of aromatic amines is 1. The lowest BCUT2D eigenvalue weighted by Gasteiger charge is -2.44. The number of halogens is 2. The molecule has 0 saturated heterocycles. The smallest absolute Gasteiger partial charge is 0.249 e. The molecule has 4 aliphatic rings.